The zero-order valence-corrected chi connectivity index (χ0v) is 22.0. The number of quaternary nitrogens is 1. The lowest BCUT2D eigenvalue weighted by Gasteiger charge is -2.10. The largest absolute Gasteiger partial charge is 0.377 e. The van der Waals surface area contributed by atoms with Gasteiger partial charge in [0.15, 0.2) is 5.69 Å². The van der Waals surface area contributed by atoms with Crippen LogP contribution in [0.4, 0.5) is 17.3 Å². The predicted octanol–water partition coefficient (Wildman–Crippen LogP) is 2.93. The van der Waals surface area contributed by atoms with Crippen molar-refractivity contribution in [2.24, 2.45) is 5.73 Å². The van der Waals surface area contributed by atoms with E-state index in [2.05, 4.69) is 36.6 Å². The second-order valence-corrected chi connectivity index (χ2v) is 9.10. The second kappa shape index (κ2) is 11.4. The Hall–Kier alpha value is -4.00. The monoisotopic (exact) mass is 567 g/mol. The first kappa shape index (κ1) is 26.1. The Morgan fingerprint density at radius 1 is 1.22 bits per heavy atom. The Morgan fingerprint density at radius 3 is 2.76 bits per heavy atom. The Kier molecular flexibility index (Phi) is 8.01. The highest BCUT2D eigenvalue weighted by atomic mass is 79.9. The number of primary amides is 1. The molecule has 0 bridgehead atoms. The smallest absolute Gasteiger partial charge is 0.276 e. The number of anilines is 2. The molecule has 0 spiro atoms. The number of aromatic nitrogens is 4. The summed E-state index contributed by atoms with van der Waals surface area (Å²) in [5.41, 5.74) is 10.5. The van der Waals surface area contributed by atoms with Gasteiger partial charge in [0.25, 0.3) is 5.91 Å². The number of benzene rings is 2. The highest BCUT2D eigenvalue weighted by molar-refractivity contribution is 9.10. The number of hydrogen-bond acceptors (Lipinski definition) is 6. The number of rotatable bonds is 10. The van der Waals surface area contributed by atoms with Gasteiger partial charge in [-0.15, -0.1) is 0 Å². The number of fused-ring (bicyclic) bond motifs is 1. The lowest BCUT2D eigenvalue weighted by Crippen LogP contribution is -2.74. The maximum absolute atomic E-state index is 13.1. The summed E-state index contributed by atoms with van der Waals surface area (Å²) in [4.78, 5) is 29.1. The Bertz CT molecular complexity index is 1490. The van der Waals surface area contributed by atoms with Crippen LogP contribution in [0.1, 0.15) is 33.5 Å². The minimum Gasteiger partial charge on any atom is -0.377 e. The van der Waals surface area contributed by atoms with E-state index in [1.807, 2.05) is 48.8 Å². The van der Waals surface area contributed by atoms with Gasteiger partial charge in [-0.25, -0.2) is 10.2 Å². The van der Waals surface area contributed by atoms with E-state index in [4.69, 9.17) is 5.73 Å². The second-order valence-electron chi connectivity index (χ2n) is 8.24. The van der Waals surface area contributed by atoms with Crippen LogP contribution in [0.2, 0.25) is 0 Å². The summed E-state index contributed by atoms with van der Waals surface area (Å²) < 4.78 is 4.44. The Balaban J connectivity index is 1.52. The van der Waals surface area contributed by atoms with Crippen LogP contribution in [0, 0.1) is 6.92 Å². The van der Waals surface area contributed by atoms with Crippen LogP contribution < -0.4 is 21.8 Å². The summed E-state index contributed by atoms with van der Waals surface area (Å²) in [5.74, 6) is -0.427. The number of nitrogens with two attached hydrogens (primary N) is 2. The van der Waals surface area contributed by atoms with Crippen LogP contribution in [-0.4, -0.2) is 42.9 Å². The summed E-state index contributed by atoms with van der Waals surface area (Å²) in [6.07, 6.45) is 3.87. The number of halogens is 1. The molecular weight excluding hydrogens is 540 g/mol. The molecule has 37 heavy (non-hydrogen) atoms. The molecule has 4 rings (SSSR count). The predicted molar refractivity (Wildman–Crippen MR) is 144 cm³/mol. The van der Waals surface area contributed by atoms with Gasteiger partial charge in [0.05, 0.1) is 22.4 Å². The van der Waals surface area contributed by atoms with Crippen molar-refractivity contribution in [2.75, 3.05) is 17.2 Å². The lowest BCUT2D eigenvalue weighted by molar-refractivity contribution is -0.825. The molecule has 7 N–H and O–H groups in total. The van der Waals surface area contributed by atoms with Crippen molar-refractivity contribution < 1.29 is 20.3 Å². The number of hydrogen-bond donors (Lipinski definition) is 5. The van der Waals surface area contributed by atoms with E-state index in [1.54, 1.807) is 22.9 Å². The summed E-state index contributed by atoms with van der Waals surface area (Å²) in [7, 11) is 0. The average Bonchev–Trinajstić information content (AvgIpc) is 3.44. The zero-order valence-electron chi connectivity index (χ0n) is 20.4. The van der Waals surface area contributed by atoms with Crippen LogP contribution in [0.5, 0.6) is 0 Å². The van der Waals surface area contributed by atoms with Gasteiger partial charge >= 0.3 is 0 Å². The number of allylic oxidation sites excluding steroid dienone is 1. The number of amides is 2. The normalized spacial score (nSPS) is 11.4. The number of para-hydroxylation sites is 1. The summed E-state index contributed by atoms with van der Waals surface area (Å²) in [6.45, 7) is 5.27. The van der Waals surface area contributed by atoms with Gasteiger partial charge in [-0.2, -0.15) is 10.6 Å². The third-order valence-electron chi connectivity index (χ3n) is 5.72. The molecule has 0 saturated heterocycles. The van der Waals surface area contributed by atoms with Gasteiger partial charge in [-0.05, 0) is 60.1 Å². The van der Waals surface area contributed by atoms with Crippen molar-refractivity contribution in [1.29, 1.82) is 0 Å². The van der Waals surface area contributed by atoms with Gasteiger partial charge < -0.3 is 15.6 Å². The highest BCUT2D eigenvalue weighted by Crippen LogP contribution is 2.27. The number of nitrogens with one attached hydrogen (secondary N) is 2. The summed E-state index contributed by atoms with van der Waals surface area (Å²) >= 11 is 3.60. The van der Waals surface area contributed by atoms with Crippen molar-refractivity contribution in [2.45, 2.75) is 26.9 Å². The molecule has 11 nitrogen and oxygen atoms in total. The zero-order chi connectivity index (χ0) is 26.5. The average molecular weight is 568 g/mol. The first-order valence-corrected chi connectivity index (χ1v) is 12.4. The van der Waals surface area contributed by atoms with Crippen LogP contribution in [0.15, 0.2) is 59.1 Å². The molecule has 0 atom stereocenters. The molecule has 2 aromatic carbocycles. The van der Waals surface area contributed by atoms with Crippen molar-refractivity contribution in [1.82, 2.24) is 19.3 Å². The van der Waals surface area contributed by atoms with Crippen molar-refractivity contribution in [3.8, 4) is 0 Å². The number of carbonyl (C=O) groups excluding carboxylic acids is 2. The number of nitrogens with zero attached hydrogens (tertiary/aromatic N) is 4. The quantitative estimate of drug-likeness (QED) is 0.113. The molecule has 4 aromatic rings. The van der Waals surface area contributed by atoms with Crippen molar-refractivity contribution in [3.63, 3.8) is 0 Å². The molecule has 192 valence electrons. The fourth-order valence-corrected chi connectivity index (χ4v) is 4.54. The molecule has 0 unspecified atom stereocenters. The number of imidazole rings is 1. The van der Waals surface area contributed by atoms with E-state index < -0.39 is 5.91 Å². The van der Waals surface area contributed by atoms with Gasteiger partial charge in [0.2, 0.25) is 11.9 Å². The molecule has 0 aliphatic rings. The maximum Gasteiger partial charge on any atom is 0.276 e. The first-order valence-electron chi connectivity index (χ1n) is 11.6. The van der Waals surface area contributed by atoms with E-state index in [0.29, 0.717) is 48.2 Å². The molecule has 0 radical (unpaired) electrons. The van der Waals surface area contributed by atoms with Crippen LogP contribution in [0.3, 0.4) is 0 Å². The van der Waals surface area contributed by atoms with E-state index in [1.165, 1.54) is 6.07 Å². The fourth-order valence-electron chi connectivity index (χ4n) is 3.97. The SMILES string of the molecule is CCn1nc(C)cc1C(=O)Nc1nc2cccc(Br)c2n1C/C=C/CNc1ccc(C(N)=O)cc1[NH2+]O. The molecule has 0 aliphatic carbocycles. The Morgan fingerprint density at radius 2 is 2.03 bits per heavy atom. The summed E-state index contributed by atoms with van der Waals surface area (Å²) in [6, 6.07) is 12.3. The first-order chi connectivity index (χ1) is 17.8. The standard InChI is InChI=1S/C25H27BrN8O3/c1-3-34-21(13-15(2)31-34)24(36)30-25-29-19-8-6-7-17(26)22(19)33(25)12-5-4-11-28-18-10-9-16(23(27)35)14-20(18)32-37/h4-10,13-14,28,32,37H,3,11-12H2,1-2H3,(H2,27,35)(H,29,30,36)/p+1/b5-4+. The van der Waals surface area contributed by atoms with Gasteiger partial charge in [-0.3, -0.25) is 19.6 Å². The third-order valence-corrected chi connectivity index (χ3v) is 6.36. The van der Waals surface area contributed by atoms with Gasteiger partial charge in [0.1, 0.15) is 5.69 Å². The van der Waals surface area contributed by atoms with Crippen LogP contribution in [0.25, 0.3) is 11.0 Å². The fraction of sp³-hybridized carbons (Fsp3) is 0.200. The van der Waals surface area contributed by atoms with E-state index in [9.17, 15) is 14.8 Å². The van der Waals surface area contributed by atoms with E-state index >= 15 is 0 Å². The number of aryl methyl sites for hydroxylation is 2. The topological polar surface area (TPSA) is 157 Å². The molecule has 2 aromatic heterocycles. The molecular formula is C25H28BrN8O3+. The van der Waals surface area contributed by atoms with Crippen LogP contribution >= 0.6 is 15.9 Å². The van der Waals surface area contributed by atoms with Crippen molar-refractivity contribution >= 4 is 56.1 Å². The van der Waals surface area contributed by atoms with Crippen molar-refractivity contribution in [3.05, 3.63) is 76.0 Å². The highest BCUT2D eigenvalue weighted by Gasteiger charge is 2.18. The minimum atomic E-state index is -0.564. The molecule has 12 heteroatoms. The number of carbonyl (C=O) groups is 2. The summed E-state index contributed by atoms with van der Waals surface area (Å²) in [5, 5.41) is 20.0. The Labute approximate surface area is 221 Å². The third kappa shape index (κ3) is 5.71. The minimum absolute atomic E-state index is 0.284. The lowest BCUT2D eigenvalue weighted by atomic mass is 10.1. The molecule has 2 amide bonds. The maximum atomic E-state index is 13.1. The molecule has 0 aliphatic heterocycles. The molecule has 0 fully saturated rings. The molecule has 2 heterocycles. The molecule has 0 saturated carbocycles. The van der Waals surface area contributed by atoms with Crippen LogP contribution in [-0.2, 0) is 13.1 Å². The van der Waals surface area contributed by atoms with E-state index in [0.717, 1.165) is 26.7 Å². The van der Waals surface area contributed by atoms with E-state index in [-0.39, 0.29) is 5.91 Å². The van der Waals surface area contributed by atoms with Gasteiger partial charge in [-0.1, -0.05) is 18.2 Å². The van der Waals surface area contributed by atoms with Gasteiger partial charge in [0, 0.05) is 35.7 Å².